The molecule has 266 valence electrons. The van der Waals surface area contributed by atoms with Crippen LogP contribution in [0.1, 0.15) is 57.3 Å². The number of nitrogens with zero attached hydrogens (tertiary/aromatic N) is 5. The number of ether oxygens (including phenoxy) is 2. The molecule has 1 aliphatic heterocycles. The highest BCUT2D eigenvalue weighted by Crippen LogP contribution is 2.66. The summed E-state index contributed by atoms with van der Waals surface area (Å²) in [5.41, 5.74) is -1.43. The number of aryl methyl sites for hydroxylation is 2. The Morgan fingerprint density at radius 3 is 2.31 bits per heavy atom. The summed E-state index contributed by atoms with van der Waals surface area (Å²) in [5, 5.41) is 11.5. The summed E-state index contributed by atoms with van der Waals surface area (Å²) in [6.07, 6.45) is 1.85. The van der Waals surface area contributed by atoms with E-state index in [-0.39, 0.29) is 48.9 Å². The average Bonchev–Trinajstić information content (AvgIpc) is 3.36. The minimum atomic E-state index is -1.35. The van der Waals surface area contributed by atoms with Gasteiger partial charge in [0.1, 0.15) is 11.4 Å². The van der Waals surface area contributed by atoms with E-state index < -0.39 is 39.7 Å². The SMILES string of the molecule is COc1cc2nc(CCn3c(=O)n4n(c3=O)[C@@H]3C[C@@]5(C)C(=O)C(C)=C(C)C(=O)[C@@]5(C)[C@@H](c5cc(Cl)ccc5O)C3=CC4)c(=O)n(C)c2cc1OC. The largest absolute Gasteiger partial charge is 0.508 e. The van der Waals surface area contributed by atoms with Crippen LogP contribution in [0.5, 0.6) is 17.2 Å². The van der Waals surface area contributed by atoms with Gasteiger partial charge in [-0.25, -0.2) is 28.5 Å². The standard InChI is InChI=1S/C37H38ClN5O8/c1-18-19(2)32(46)37(4)30(22-14-20(38)8-9-27(22)44)21-10-13-42-34(48)41(35(49)43(42)26(21)17-36(37,3)31(18)45)12-11-23-33(47)40(5)25-16-29(51-7)28(50-6)15-24(25)39-23/h8-10,14-16,26,30,44H,11-13,17H2,1-7H3/t26-,30-,36+,37-/m1/s1. The zero-order valence-corrected chi connectivity index (χ0v) is 30.1. The van der Waals surface area contributed by atoms with E-state index in [4.69, 9.17) is 21.1 Å². The van der Waals surface area contributed by atoms with Crippen molar-refractivity contribution in [2.75, 3.05) is 14.2 Å². The van der Waals surface area contributed by atoms with E-state index in [1.807, 2.05) is 6.08 Å². The predicted molar refractivity (Wildman–Crippen MR) is 189 cm³/mol. The number of hydrogen-bond donors (Lipinski definition) is 1. The molecule has 3 heterocycles. The lowest BCUT2D eigenvalue weighted by Crippen LogP contribution is -2.61. The molecule has 51 heavy (non-hydrogen) atoms. The van der Waals surface area contributed by atoms with Crippen LogP contribution in [0.2, 0.25) is 5.02 Å². The number of halogens is 1. The molecule has 0 saturated heterocycles. The number of fused-ring (bicyclic) bond motifs is 5. The number of rotatable bonds is 6. The van der Waals surface area contributed by atoms with Crippen LogP contribution in [0.25, 0.3) is 11.0 Å². The first-order chi connectivity index (χ1) is 24.1. The van der Waals surface area contributed by atoms with Gasteiger partial charge in [0.15, 0.2) is 23.1 Å². The zero-order chi connectivity index (χ0) is 36.9. The molecule has 13 nitrogen and oxygen atoms in total. The van der Waals surface area contributed by atoms with Crippen molar-refractivity contribution in [3.63, 3.8) is 0 Å². The molecule has 2 aliphatic carbocycles. The highest BCUT2D eigenvalue weighted by molar-refractivity contribution is 6.30. The van der Waals surface area contributed by atoms with Gasteiger partial charge in [0.25, 0.3) is 5.56 Å². The van der Waals surface area contributed by atoms with Gasteiger partial charge < -0.3 is 19.1 Å². The van der Waals surface area contributed by atoms with Crippen molar-refractivity contribution < 1.29 is 24.2 Å². The second-order valence-corrected chi connectivity index (χ2v) is 14.5. The topological polar surface area (TPSA) is 157 Å². The number of allylic oxidation sites excluding steroid dienone is 4. The maximum Gasteiger partial charge on any atom is 0.347 e. The molecule has 0 unspecified atom stereocenters. The van der Waals surface area contributed by atoms with Gasteiger partial charge in [-0.3, -0.25) is 14.4 Å². The van der Waals surface area contributed by atoms with Gasteiger partial charge in [0, 0.05) is 54.1 Å². The molecule has 1 N–H and O–H groups in total. The molecule has 1 saturated carbocycles. The van der Waals surface area contributed by atoms with Crippen molar-refractivity contribution in [1.82, 2.24) is 23.5 Å². The molecule has 2 aromatic heterocycles. The Labute approximate surface area is 297 Å². The van der Waals surface area contributed by atoms with Gasteiger partial charge in [0.2, 0.25) is 0 Å². The fourth-order valence-electron chi connectivity index (χ4n) is 8.63. The Morgan fingerprint density at radius 1 is 0.961 bits per heavy atom. The number of benzene rings is 2. The monoisotopic (exact) mass is 715 g/mol. The average molecular weight is 716 g/mol. The Morgan fingerprint density at radius 2 is 1.63 bits per heavy atom. The van der Waals surface area contributed by atoms with E-state index in [1.165, 1.54) is 40.3 Å². The highest BCUT2D eigenvalue weighted by Gasteiger charge is 2.67. The minimum Gasteiger partial charge on any atom is -0.508 e. The number of phenols is 1. The number of aromatic nitrogens is 5. The normalized spacial score (nSPS) is 24.3. The third-order valence-corrected chi connectivity index (χ3v) is 12.0. The number of methoxy groups -OCH3 is 2. The zero-order valence-electron chi connectivity index (χ0n) is 29.4. The summed E-state index contributed by atoms with van der Waals surface area (Å²) < 4.78 is 16.0. The molecule has 0 spiro atoms. The summed E-state index contributed by atoms with van der Waals surface area (Å²) in [7, 11) is 4.60. The van der Waals surface area contributed by atoms with Crippen LogP contribution in [0.3, 0.4) is 0 Å². The van der Waals surface area contributed by atoms with Gasteiger partial charge >= 0.3 is 11.4 Å². The van der Waals surface area contributed by atoms with Crippen LogP contribution in [0.15, 0.2) is 67.5 Å². The van der Waals surface area contributed by atoms with Crippen LogP contribution in [-0.4, -0.2) is 54.4 Å². The van der Waals surface area contributed by atoms with Crippen molar-refractivity contribution in [2.24, 2.45) is 17.9 Å². The van der Waals surface area contributed by atoms with E-state index in [1.54, 1.807) is 52.9 Å². The summed E-state index contributed by atoms with van der Waals surface area (Å²) in [5.74, 6) is -0.537. The summed E-state index contributed by atoms with van der Waals surface area (Å²) in [6.45, 7) is 6.63. The van der Waals surface area contributed by atoms with Gasteiger partial charge in [-0.15, -0.1) is 0 Å². The molecule has 3 aliphatic rings. The first-order valence-corrected chi connectivity index (χ1v) is 17.0. The van der Waals surface area contributed by atoms with E-state index >= 15 is 0 Å². The molecule has 4 aromatic rings. The molecule has 14 heteroatoms. The number of phenolic OH excluding ortho intramolecular Hbond substituents is 1. The first-order valence-electron chi connectivity index (χ1n) is 16.6. The van der Waals surface area contributed by atoms with Crippen molar-refractivity contribution >= 4 is 34.2 Å². The van der Waals surface area contributed by atoms with E-state index in [2.05, 4.69) is 4.98 Å². The summed E-state index contributed by atoms with van der Waals surface area (Å²) in [4.78, 5) is 74.8. The van der Waals surface area contributed by atoms with E-state index in [0.29, 0.717) is 49.8 Å². The highest BCUT2D eigenvalue weighted by atomic mass is 35.5. The van der Waals surface area contributed by atoms with Gasteiger partial charge in [-0.05, 0) is 55.2 Å². The second-order valence-electron chi connectivity index (χ2n) is 14.0. The maximum atomic E-state index is 14.4. The third-order valence-electron chi connectivity index (χ3n) is 11.7. The van der Waals surface area contributed by atoms with Crippen molar-refractivity contribution in [1.29, 1.82) is 0 Å². The van der Waals surface area contributed by atoms with Crippen LogP contribution in [-0.2, 0) is 36.1 Å². The third kappa shape index (κ3) is 4.59. The van der Waals surface area contributed by atoms with Crippen LogP contribution in [0.4, 0.5) is 0 Å². The number of carbonyl (C=O) groups excluding carboxylic acids is 2. The minimum absolute atomic E-state index is 0.00509. The van der Waals surface area contributed by atoms with Crippen molar-refractivity contribution in [3.05, 3.63) is 101 Å². The molecule has 0 amide bonds. The number of aromatic hydroxyl groups is 1. The quantitative estimate of drug-likeness (QED) is 0.293. The molecule has 7 rings (SSSR count). The summed E-state index contributed by atoms with van der Waals surface area (Å²) in [6, 6.07) is 7.08. The lowest BCUT2D eigenvalue weighted by Gasteiger charge is -2.58. The first kappa shape index (κ1) is 34.3. The van der Waals surface area contributed by atoms with E-state index in [9.17, 15) is 29.1 Å². The molecule has 0 bridgehead atoms. The molecule has 1 fully saturated rings. The van der Waals surface area contributed by atoms with Gasteiger partial charge in [-0.1, -0.05) is 31.5 Å². The number of carbonyl (C=O) groups is 2. The Kier molecular flexibility index (Phi) is 7.86. The number of ketones is 2. The second kappa shape index (κ2) is 11.7. The van der Waals surface area contributed by atoms with Crippen molar-refractivity contribution in [3.8, 4) is 17.2 Å². The molecular weight excluding hydrogens is 678 g/mol. The Balaban J connectivity index is 1.34. The Hall–Kier alpha value is -5.17. The summed E-state index contributed by atoms with van der Waals surface area (Å²) >= 11 is 6.44. The number of hydrogen-bond acceptors (Lipinski definition) is 9. The van der Waals surface area contributed by atoms with Crippen LogP contribution >= 0.6 is 11.6 Å². The van der Waals surface area contributed by atoms with Crippen LogP contribution < -0.4 is 26.4 Å². The Bertz CT molecular complexity index is 2470. The molecule has 0 radical (unpaired) electrons. The number of Topliss-reactive ketones (excluding diaryl/α,β-unsaturated/α-hetero) is 2. The van der Waals surface area contributed by atoms with Gasteiger partial charge in [-0.2, -0.15) is 0 Å². The van der Waals surface area contributed by atoms with E-state index in [0.717, 1.165) is 4.57 Å². The smallest absolute Gasteiger partial charge is 0.347 e. The fraction of sp³-hybridized carbons (Fsp3) is 0.405. The predicted octanol–water partition coefficient (Wildman–Crippen LogP) is 3.85. The maximum absolute atomic E-state index is 14.4. The lowest BCUT2D eigenvalue weighted by molar-refractivity contribution is -0.151. The lowest BCUT2D eigenvalue weighted by atomic mass is 9.43. The molecular formula is C37H38ClN5O8. The van der Waals surface area contributed by atoms with Gasteiger partial charge in [0.05, 0.1) is 43.3 Å². The fourth-order valence-corrected chi connectivity index (χ4v) is 8.81. The van der Waals surface area contributed by atoms with Crippen molar-refractivity contribution in [2.45, 2.75) is 65.6 Å². The molecule has 4 atom stereocenters. The molecule has 2 aromatic carbocycles. The van der Waals surface area contributed by atoms with Crippen LogP contribution in [0, 0.1) is 10.8 Å².